The van der Waals surface area contributed by atoms with Gasteiger partial charge in [-0.15, -0.1) is 0 Å². The molecule has 1 N–H and O–H groups in total. The van der Waals surface area contributed by atoms with E-state index < -0.39 is 0 Å². The molecule has 2 atom stereocenters. The minimum absolute atomic E-state index is 0.0896. The van der Waals surface area contributed by atoms with Crippen LogP contribution in [0.5, 0.6) is 0 Å². The summed E-state index contributed by atoms with van der Waals surface area (Å²) in [4.78, 5) is 35.4. The summed E-state index contributed by atoms with van der Waals surface area (Å²) >= 11 is 0. The van der Waals surface area contributed by atoms with Gasteiger partial charge in [0.2, 0.25) is 5.91 Å². The first kappa shape index (κ1) is 16.9. The predicted molar refractivity (Wildman–Crippen MR) is 104 cm³/mol. The van der Waals surface area contributed by atoms with Crippen LogP contribution in [-0.2, 0) is 11.2 Å². The van der Waals surface area contributed by atoms with Crippen LogP contribution < -0.4 is 0 Å². The van der Waals surface area contributed by atoms with Crippen molar-refractivity contribution in [2.24, 2.45) is 5.92 Å². The number of piperidine rings is 1. The minimum Gasteiger partial charge on any atom is -0.345 e. The molecule has 5 rings (SSSR count). The van der Waals surface area contributed by atoms with Crippen molar-refractivity contribution in [3.05, 3.63) is 54.8 Å². The maximum absolute atomic E-state index is 12.8. The average molecular weight is 375 g/mol. The number of aromatic amines is 1. The molecule has 28 heavy (non-hydrogen) atoms. The van der Waals surface area contributed by atoms with E-state index in [0.29, 0.717) is 18.2 Å². The van der Waals surface area contributed by atoms with E-state index in [2.05, 4.69) is 31.3 Å². The minimum atomic E-state index is 0.0896. The molecule has 0 aromatic carbocycles. The van der Waals surface area contributed by atoms with Gasteiger partial charge < -0.3 is 9.88 Å². The van der Waals surface area contributed by atoms with Gasteiger partial charge in [0.25, 0.3) is 0 Å². The second kappa shape index (κ2) is 6.70. The Morgan fingerprint density at radius 2 is 2.11 bits per heavy atom. The Morgan fingerprint density at radius 1 is 1.21 bits per heavy atom. The molecular formula is C20H21N7O. The molecule has 0 bridgehead atoms. The van der Waals surface area contributed by atoms with Crippen molar-refractivity contribution >= 4 is 22.6 Å². The number of likely N-dealkylation sites (tertiary alicyclic amines) is 1. The van der Waals surface area contributed by atoms with Crippen molar-refractivity contribution in [3.63, 3.8) is 0 Å². The highest BCUT2D eigenvalue weighted by molar-refractivity contribution is 5.78. The summed E-state index contributed by atoms with van der Waals surface area (Å²) in [5, 5.41) is 0. The van der Waals surface area contributed by atoms with Crippen LogP contribution in [0.2, 0.25) is 0 Å². The number of nitrogens with one attached hydrogen (secondary N) is 1. The summed E-state index contributed by atoms with van der Waals surface area (Å²) in [5.41, 5.74) is 3.53. The van der Waals surface area contributed by atoms with Crippen LogP contribution in [0.1, 0.15) is 30.8 Å². The molecular weight excluding hydrogens is 354 g/mol. The third kappa shape index (κ3) is 2.81. The number of imidazole rings is 1. The Bertz CT molecular complexity index is 1130. The highest BCUT2D eigenvalue weighted by Gasteiger charge is 2.33. The molecule has 0 spiro atoms. The SMILES string of the molecule is C[C@@H]1CCN(C(=O)Cc2cnccn2)CC1c1ncc2cnc3[nH]ccc3n12. The van der Waals surface area contributed by atoms with Crippen LogP contribution in [0.4, 0.5) is 0 Å². The van der Waals surface area contributed by atoms with Crippen LogP contribution in [0.3, 0.4) is 0 Å². The van der Waals surface area contributed by atoms with Gasteiger partial charge in [-0.3, -0.25) is 19.2 Å². The van der Waals surface area contributed by atoms with E-state index in [4.69, 9.17) is 4.98 Å². The fourth-order valence-corrected chi connectivity index (χ4v) is 4.08. The zero-order valence-electron chi connectivity index (χ0n) is 15.6. The molecule has 4 aromatic rings. The van der Waals surface area contributed by atoms with Crippen LogP contribution in [0.15, 0.2) is 43.2 Å². The largest absolute Gasteiger partial charge is 0.345 e. The lowest BCUT2D eigenvalue weighted by Crippen LogP contribution is -2.43. The van der Waals surface area contributed by atoms with Crippen LogP contribution >= 0.6 is 0 Å². The summed E-state index contributed by atoms with van der Waals surface area (Å²) < 4.78 is 2.16. The highest BCUT2D eigenvalue weighted by Crippen LogP contribution is 2.33. The van der Waals surface area contributed by atoms with Gasteiger partial charge in [0, 0.05) is 43.8 Å². The normalized spacial score (nSPS) is 20.1. The Kier molecular flexibility index (Phi) is 4.03. The van der Waals surface area contributed by atoms with Gasteiger partial charge in [-0.2, -0.15) is 0 Å². The molecule has 4 aromatic heterocycles. The Balaban J connectivity index is 1.45. The van der Waals surface area contributed by atoms with Crippen molar-refractivity contribution in [2.75, 3.05) is 13.1 Å². The number of hydrogen-bond acceptors (Lipinski definition) is 5. The molecule has 5 heterocycles. The fourth-order valence-electron chi connectivity index (χ4n) is 4.08. The molecule has 1 amide bonds. The first-order chi connectivity index (χ1) is 13.7. The first-order valence-corrected chi connectivity index (χ1v) is 9.53. The van der Waals surface area contributed by atoms with Gasteiger partial charge in [-0.05, 0) is 18.4 Å². The van der Waals surface area contributed by atoms with Crippen LogP contribution in [-0.4, -0.2) is 53.2 Å². The lowest BCUT2D eigenvalue weighted by molar-refractivity contribution is -0.132. The molecule has 0 radical (unpaired) electrons. The van der Waals surface area contributed by atoms with Gasteiger partial charge in [0.15, 0.2) is 5.65 Å². The number of amides is 1. The fraction of sp³-hybridized carbons (Fsp3) is 0.350. The number of fused-ring (bicyclic) bond motifs is 3. The van der Waals surface area contributed by atoms with E-state index in [1.165, 1.54) is 0 Å². The average Bonchev–Trinajstić information content (AvgIpc) is 3.35. The second-order valence-corrected chi connectivity index (χ2v) is 7.43. The van der Waals surface area contributed by atoms with Gasteiger partial charge >= 0.3 is 0 Å². The molecule has 1 aliphatic heterocycles. The van der Waals surface area contributed by atoms with Gasteiger partial charge in [0.1, 0.15) is 5.82 Å². The Hall–Kier alpha value is -3.29. The van der Waals surface area contributed by atoms with E-state index in [-0.39, 0.29) is 18.2 Å². The number of hydrogen-bond donors (Lipinski definition) is 1. The molecule has 1 fully saturated rings. The maximum atomic E-state index is 12.8. The number of rotatable bonds is 3. The van der Waals surface area contributed by atoms with Crippen LogP contribution in [0.25, 0.3) is 16.7 Å². The smallest absolute Gasteiger partial charge is 0.228 e. The topological polar surface area (TPSA) is 92.1 Å². The van der Waals surface area contributed by atoms with Gasteiger partial charge in [-0.1, -0.05) is 6.92 Å². The highest BCUT2D eigenvalue weighted by atomic mass is 16.2. The third-order valence-corrected chi connectivity index (χ3v) is 5.68. The zero-order chi connectivity index (χ0) is 19.1. The predicted octanol–water partition coefficient (Wildman–Crippen LogP) is 2.20. The van der Waals surface area contributed by atoms with Crippen molar-refractivity contribution in [1.29, 1.82) is 0 Å². The molecule has 142 valence electrons. The number of carbonyl (C=O) groups is 1. The van der Waals surface area contributed by atoms with Crippen molar-refractivity contribution in [2.45, 2.75) is 25.7 Å². The summed E-state index contributed by atoms with van der Waals surface area (Å²) in [6.45, 7) is 3.67. The zero-order valence-corrected chi connectivity index (χ0v) is 15.6. The van der Waals surface area contributed by atoms with Crippen molar-refractivity contribution in [3.8, 4) is 0 Å². The number of carbonyl (C=O) groups excluding carboxylic acids is 1. The standard InChI is InChI=1S/C20H21N7O/c1-13-3-7-26(18(28)8-14-9-21-5-6-22-14)12-16(13)20-25-11-15-10-24-19-17(27(15)20)2-4-23-19/h2,4-6,9-11,13,16,23H,3,7-8,12H2,1H3/t13-,16?/m1/s1. The van der Waals surface area contributed by atoms with E-state index >= 15 is 0 Å². The van der Waals surface area contributed by atoms with Gasteiger partial charge in [0.05, 0.1) is 35.5 Å². The van der Waals surface area contributed by atoms with E-state index in [1.807, 2.05) is 29.6 Å². The molecule has 8 heteroatoms. The summed E-state index contributed by atoms with van der Waals surface area (Å²) in [7, 11) is 0. The second-order valence-electron chi connectivity index (χ2n) is 7.43. The molecule has 1 unspecified atom stereocenters. The maximum Gasteiger partial charge on any atom is 0.228 e. The molecule has 8 nitrogen and oxygen atoms in total. The number of nitrogens with zero attached hydrogens (tertiary/aromatic N) is 6. The Labute approximate surface area is 161 Å². The molecule has 1 aliphatic rings. The van der Waals surface area contributed by atoms with E-state index in [1.54, 1.807) is 18.6 Å². The lowest BCUT2D eigenvalue weighted by Gasteiger charge is -2.36. The lowest BCUT2D eigenvalue weighted by atomic mass is 9.86. The Morgan fingerprint density at radius 3 is 2.96 bits per heavy atom. The molecule has 0 aliphatic carbocycles. The van der Waals surface area contributed by atoms with Crippen LogP contribution in [0, 0.1) is 5.92 Å². The number of aromatic nitrogens is 6. The summed E-state index contributed by atoms with van der Waals surface area (Å²) in [6, 6.07) is 2.02. The monoisotopic (exact) mass is 375 g/mol. The van der Waals surface area contributed by atoms with E-state index in [0.717, 1.165) is 35.5 Å². The quantitative estimate of drug-likeness (QED) is 0.593. The third-order valence-electron chi connectivity index (χ3n) is 5.68. The van der Waals surface area contributed by atoms with E-state index in [9.17, 15) is 4.79 Å². The summed E-state index contributed by atoms with van der Waals surface area (Å²) in [5.74, 6) is 1.69. The van der Waals surface area contributed by atoms with Crippen molar-refractivity contribution < 1.29 is 4.79 Å². The first-order valence-electron chi connectivity index (χ1n) is 9.53. The van der Waals surface area contributed by atoms with Crippen molar-refractivity contribution in [1.82, 2.24) is 34.2 Å². The molecule has 1 saturated heterocycles. The van der Waals surface area contributed by atoms with Gasteiger partial charge in [-0.25, -0.2) is 9.97 Å². The summed E-state index contributed by atoms with van der Waals surface area (Å²) in [6.07, 6.45) is 11.7. The number of H-pyrrole nitrogens is 1. The molecule has 0 saturated carbocycles.